The van der Waals surface area contributed by atoms with Crippen LogP contribution in [0, 0.1) is 0 Å². The van der Waals surface area contributed by atoms with E-state index in [4.69, 9.17) is 28.6 Å². The van der Waals surface area contributed by atoms with Gasteiger partial charge in [-0.1, -0.05) is 17.7 Å². The Labute approximate surface area is 128 Å². The molecule has 66 valence electrons. The molecular weight excluding hydrogens is 242 g/mol. The number of aromatic carboxylic acids is 1. The third-order valence-electron chi connectivity index (χ3n) is 1.27. The van der Waals surface area contributed by atoms with Crippen LogP contribution in [-0.4, -0.2) is 62.5 Å². The van der Waals surface area contributed by atoms with Crippen LogP contribution in [0.4, 0.5) is 0 Å². The molecule has 0 amide bonds. The molecule has 0 fully saturated rings. The van der Waals surface area contributed by atoms with Gasteiger partial charge in [0.05, 0.1) is 5.02 Å². The fraction of sp³-hybridized carbons (Fsp3) is 0. The van der Waals surface area contributed by atoms with Gasteiger partial charge in [0, 0.05) is 0 Å². The van der Waals surface area contributed by atoms with Gasteiger partial charge in [-0.25, -0.2) is 4.79 Å². The average Bonchev–Trinajstić information content (AvgIpc) is 2.03. The second kappa shape index (κ2) is 6.24. The van der Waals surface area contributed by atoms with Crippen LogP contribution in [0.15, 0.2) is 18.2 Å². The molecule has 0 aliphatic heterocycles. The molecule has 0 radical (unpaired) electrons. The molecule has 0 saturated heterocycles. The number of carboxylic acid groups (broad SMARTS) is 1. The van der Waals surface area contributed by atoms with Crippen molar-refractivity contribution in [3.8, 4) is 5.75 Å². The van der Waals surface area contributed by atoms with Crippen LogP contribution in [-0.2, 0) is 0 Å². The molecule has 1 rings (SSSR count). The zero-order valence-electron chi connectivity index (χ0n) is 5.75. The SMILES string of the molecule is O=C(O)c1cccc(Cl)c1OCl.[KH]. The van der Waals surface area contributed by atoms with E-state index in [0.29, 0.717) is 0 Å². The summed E-state index contributed by atoms with van der Waals surface area (Å²) in [7, 11) is 0. The minimum absolute atomic E-state index is 0. The molecule has 0 aromatic heterocycles. The molecule has 3 nitrogen and oxygen atoms in total. The van der Waals surface area contributed by atoms with E-state index in [1.54, 1.807) is 0 Å². The van der Waals surface area contributed by atoms with E-state index < -0.39 is 5.97 Å². The molecule has 0 spiro atoms. The van der Waals surface area contributed by atoms with Gasteiger partial charge in [-0.05, 0) is 12.1 Å². The Morgan fingerprint density at radius 2 is 2.08 bits per heavy atom. The Bertz CT molecular complexity index is 317. The van der Waals surface area contributed by atoms with Crippen molar-refractivity contribution < 1.29 is 14.2 Å². The Hall–Kier alpha value is 0.706. The molecular formula is C7H5Cl2KO3. The molecule has 13 heavy (non-hydrogen) atoms. The number of rotatable bonds is 2. The van der Waals surface area contributed by atoms with Crippen LogP contribution in [0.3, 0.4) is 0 Å². The summed E-state index contributed by atoms with van der Waals surface area (Å²) >= 11 is 10.6. The van der Waals surface area contributed by atoms with Gasteiger partial charge in [0.2, 0.25) is 0 Å². The molecule has 0 aliphatic rings. The van der Waals surface area contributed by atoms with Crippen LogP contribution in [0.25, 0.3) is 0 Å². The van der Waals surface area contributed by atoms with Crippen molar-refractivity contribution in [1.82, 2.24) is 0 Å². The van der Waals surface area contributed by atoms with Crippen molar-refractivity contribution >= 4 is 80.8 Å². The summed E-state index contributed by atoms with van der Waals surface area (Å²) in [5, 5.41) is 8.80. The van der Waals surface area contributed by atoms with E-state index in [-0.39, 0.29) is 67.7 Å². The number of benzene rings is 1. The molecule has 1 N–H and O–H groups in total. The van der Waals surface area contributed by atoms with E-state index in [1.807, 2.05) is 0 Å². The minimum atomic E-state index is -1.13. The van der Waals surface area contributed by atoms with Gasteiger partial charge in [0.1, 0.15) is 17.4 Å². The van der Waals surface area contributed by atoms with Crippen LogP contribution in [0.5, 0.6) is 5.75 Å². The van der Waals surface area contributed by atoms with Crippen LogP contribution in [0.1, 0.15) is 10.4 Å². The fourth-order valence-corrected chi connectivity index (χ4v) is 1.17. The van der Waals surface area contributed by atoms with Crippen molar-refractivity contribution in [2.45, 2.75) is 0 Å². The van der Waals surface area contributed by atoms with Crippen LogP contribution < -0.4 is 4.29 Å². The predicted octanol–water partition coefficient (Wildman–Crippen LogP) is 1.92. The first-order valence-corrected chi connectivity index (χ1v) is 3.66. The topological polar surface area (TPSA) is 46.5 Å². The van der Waals surface area contributed by atoms with Gasteiger partial charge in [0.15, 0.2) is 5.75 Å². The number of carboxylic acids is 1. The van der Waals surface area contributed by atoms with Crippen LogP contribution >= 0.6 is 23.5 Å². The Kier molecular flexibility index (Phi) is 6.58. The summed E-state index contributed by atoms with van der Waals surface area (Å²) in [6, 6.07) is 4.35. The van der Waals surface area contributed by atoms with E-state index in [2.05, 4.69) is 4.29 Å². The first-order chi connectivity index (χ1) is 5.66. The molecule has 6 heteroatoms. The van der Waals surface area contributed by atoms with Gasteiger partial charge in [0.25, 0.3) is 0 Å². The van der Waals surface area contributed by atoms with Gasteiger partial charge >= 0.3 is 57.4 Å². The fourth-order valence-electron chi connectivity index (χ4n) is 0.756. The molecule has 1 aromatic carbocycles. The van der Waals surface area contributed by atoms with Gasteiger partial charge in [-0.2, -0.15) is 0 Å². The summed E-state index contributed by atoms with van der Waals surface area (Å²) in [6.45, 7) is 0. The summed E-state index contributed by atoms with van der Waals surface area (Å²) in [4.78, 5) is 10.5. The molecule has 0 heterocycles. The summed E-state index contributed by atoms with van der Waals surface area (Å²) in [5.41, 5.74) is -0.0579. The molecule has 0 unspecified atom stereocenters. The monoisotopic (exact) mass is 246 g/mol. The van der Waals surface area contributed by atoms with E-state index in [1.165, 1.54) is 18.2 Å². The third-order valence-corrected chi connectivity index (χ3v) is 1.73. The maximum absolute atomic E-state index is 10.5. The Balaban J connectivity index is 0.00000144. The second-order valence-electron chi connectivity index (χ2n) is 2.00. The van der Waals surface area contributed by atoms with Gasteiger partial charge in [-0.15, -0.1) is 0 Å². The number of hydrogen-bond donors (Lipinski definition) is 1. The van der Waals surface area contributed by atoms with Crippen molar-refractivity contribution in [2.24, 2.45) is 0 Å². The first-order valence-electron chi connectivity index (χ1n) is 2.97. The summed E-state index contributed by atoms with van der Waals surface area (Å²) < 4.78 is 4.30. The average molecular weight is 247 g/mol. The van der Waals surface area contributed by atoms with Gasteiger partial charge < -0.3 is 9.40 Å². The van der Waals surface area contributed by atoms with E-state index in [0.717, 1.165) is 0 Å². The molecule has 1 aromatic rings. The van der Waals surface area contributed by atoms with Crippen molar-refractivity contribution in [3.63, 3.8) is 0 Å². The first kappa shape index (κ1) is 13.7. The summed E-state index contributed by atoms with van der Waals surface area (Å²) in [5.74, 6) is -1.17. The number of halogens is 2. The molecule has 0 aliphatic carbocycles. The zero-order valence-corrected chi connectivity index (χ0v) is 7.26. The molecule has 0 atom stereocenters. The van der Waals surface area contributed by atoms with Crippen molar-refractivity contribution in [2.75, 3.05) is 0 Å². The second-order valence-corrected chi connectivity index (χ2v) is 2.56. The number of carbonyl (C=O) groups is 1. The Morgan fingerprint density at radius 1 is 1.46 bits per heavy atom. The van der Waals surface area contributed by atoms with Crippen LogP contribution in [0.2, 0.25) is 5.02 Å². The summed E-state index contributed by atoms with van der Waals surface area (Å²) in [6.07, 6.45) is 0. The number of hydrogen-bond acceptors (Lipinski definition) is 2. The quantitative estimate of drug-likeness (QED) is 0.812. The standard InChI is InChI=1S/C7H4Cl2O3.K.H/c8-5-3-1-2-4(7(10)11)6(5)12-9;;/h1-3H,(H,10,11);;. The van der Waals surface area contributed by atoms with E-state index >= 15 is 0 Å². The third kappa shape index (κ3) is 3.40. The number of para-hydroxylation sites is 1. The van der Waals surface area contributed by atoms with Gasteiger partial charge in [-0.3, -0.25) is 0 Å². The molecule has 0 bridgehead atoms. The van der Waals surface area contributed by atoms with E-state index in [9.17, 15) is 4.79 Å². The Morgan fingerprint density at radius 3 is 2.46 bits per heavy atom. The predicted molar refractivity (Wildman–Crippen MR) is 52.0 cm³/mol. The molecule has 0 saturated carbocycles. The zero-order chi connectivity index (χ0) is 9.14. The van der Waals surface area contributed by atoms with Crippen molar-refractivity contribution in [3.05, 3.63) is 28.8 Å². The normalized spacial score (nSPS) is 8.77. The van der Waals surface area contributed by atoms with Crippen molar-refractivity contribution in [1.29, 1.82) is 0 Å². The maximum atomic E-state index is 10.5.